The van der Waals surface area contributed by atoms with Crippen LogP contribution in [-0.4, -0.2) is 27.0 Å². The number of hydrogen-bond donors (Lipinski definition) is 1. The average Bonchev–Trinajstić information content (AvgIpc) is 2.79. The fourth-order valence-corrected chi connectivity index (χ4v) is 4.75. The van der Waals surface area contributed by atoms with Gasteiger partial charge >= 0.3 is 0 Å². The highest BCUT2D eigenvalue weighted by molar-refractivity contribution is 7.92. The second kappa shape index (κ2) is 10.9. The molecule has 0 aromatic heterocycles. The van der Waals surface area contributed by atoms with E-state index in [1.54, 1.807) is 18.2 Å². The largest absolute Gasteiger partial charge is 0.491 e. The van der Waals surface area contributed by atoms with Gasteiger partial charge in [-0.2, -0.15) is 0 Å². The Labute approximate surface area is 204 Å². The normalized spacial score (nSPS) is 11.3. The number of sulfonamides is 1. The van der Waals surface area contributed by atoms with Crippen LogP contribution in [0.15, 0.2) is 77.7 Å². The Morgan fingerprint density at radius 3 is 2.24 bits per heavy atom. The maximum Gasteiger partial charge on any atom is 0.264 e. The summed E-state index contributed by atoms with van der Waals surface area (Å²) in [5.74, 6) is 0.267. The summed E-state index contributed by atoms with van der Waals surface area (Å²) in [6.07, 6.45) is 0.0643. The van der Waals surface area contributed by atoms with E-state index in [0.29, 0.717) is 0 Å². The molecule has 3 rings (SSSR count). The van der Waals surface area contributed by atoms with E-state index in [4.69, 9.17) is 27.9 Å². The fraction of sp³-hybridized carbons (Fsp3) is 0.208. The molecular weight excluding hydrogens is 483 g/mol. The molecule has 0 unspecified atom stereocenters. The van der Waals surface area contributed by atoms with E-state index in [9.17, 15) is 13.2 Å². The van der Waals surface area contributed by atoms with Gasteiger partial charge in [0.05, 0.1) is 26.7 Å². The number of ether oxygens (including phenoxy) is 1. The number of hydrogen-bond acceptors (Lipinski definition) is 4. The molecule has 0 radical (unpaired) electrons. The quantitative estimate of drug-likeness (QED) is 0.427. The number of nitrogens with zero attached hydrogens (tertiary/aromatic N) is 1. The Morgan fingerprint density at radius 2 is 1.64 bits per heavy atom. The van der Waals surface area contributed by atoms with E-state index in [0.717, 1.165) is 15.6 Å². The Kier molecular flexibility index (Phi) is 8.24. The standard InChI is InChI=1S/C24H24Cl2N2O4S/c1-17(2)32-20-11-8-18(9-12-20)15-27-24(29)16-28(19-10-13-22(25)23(26)14-19)33(30,31)21-6-4-3-5-7-21/h3-14,17H,15-16H2,1-2H3,(H,27,29). The molecule has 0 aliphatic heterocycles. The predicted octanol–water partition coefficient (Wildman–Crippen LogP) is 5.29. The van der Waals surface area contributed by atoms with Crippen LogP contribution in [0.1, 0.15) is 19.4 Å². The van der Waals surface area contributed by atoms with Gasteiger partial charge in [0.15, 0.2) is 0 Å². The maximum absolute atomic E-state index is 13.3. The highest BCUT2D eigenvalue weighted by Crippen LogP contribution is 2.30. The first-order valence-corrected chi connectivity index (χ1v) is 12.4. The van der Waals surface area contributed by atoms with Crippen molar-refractivity contribution in [2.45, 2.75) is 31.4 Å². The summed E-state index contributed by atoms with van der Waals surface area (Å²) in [6.45, 7) is 3.69. The van der Waals surface area contributed by atoms with Crippen molar-refractivity contribution < 1.29 is 17.9 Å². The highest BCUT2D eigenvalue weighted by atomic mass is 35.5. The zero-order valence-electron chi connectivity index (χ0n) is 18.2. The molecule has 1 N–H and O–H groups in total. The molecule has 0 atom stereocenters. The molecule has 9 heteroatoms. The summed E-state index contributed by atoms with van der Waals surface area (Å²) in [5.41, 5.74) is 1.09. The summed E-state index contributed by atoms with van der Waals surface area (Å²) < 4.78 is 33.3. The van der Waals surface area contributed by atoms with Gasteiger partial charge in [0.25, 0.3) is 10.0 Å². The van der Waals surface area contributed by atoms with E-state index in [1.807, 2.05) is 38.1 Å². The third-order valence-electron chi connectivity index (χ3n) is 4.59. The minimum atomic E-state index is -4.02. The Morgan fingerprint density at radius 1 is 0.970 bits per heavy atom. The Bertz CT molecular complexity index is 1200. The van der Waals surface area contributed by atoms with Crippen molar-refractivity contribution in [3.8, 4) is 5.75 Å². The first-order valence-electron chi connectivity index (χ1n) is 10.2. The van der Waals surface area contributed by atoms with Gasteiger partial charge in [0.2, 0.25) is 5.91 Å². The molecule has 0 heterocycles. The van der Waals surface area contributed by atoms with Crippen molar-refractivity contribution in [3.05, 3.63) is 88.4 Å². The molecule has 0 aliphatic carbocycles. The number of anilines is 1. The number of halogens is 2. The molecule has 0 fully saturated rings. The number of amides is 1. The third-order valence-corrected chi connectivity index (χ3v) is 7.12. The lowest BCUT2D eigenvalue weighted by Gasteiger charge is -2.24. The lowest BCUT2D eigenvalue weighted by atomic mass is 10.2. The summed E-state index contributed by atoms with van der Waals surface area (Å²) >= 11 is 12.1. The van der Waals surface area contributed by atoms with Crippen LogP contribution in [-0.2, 0) is 21.4 Å². The van der Waals surface area contributed by atoms with Gasteiger partial charge in [-0.25, -0.2) is 8.42 Å². The van der Waals surface area contributed by atoms with Gasteiger partial charge in [-0.1, -0.05) is 53.5 Å². The van der Waals surface area contributed by atoms with Crippen molar-refractivity contribution in [1.29, 1.82) is 0 Å². The molecular formula is C24H24Cl2N2O4S. The van der Waals surface area contributed by atoms with E-state index in [-0.39, 0.29) is 33.3 Å². The van der Waals surface area contributed by atoms with Gasteiger partial charge < -0.3 is 10.1 Å². The first-order chi connectivity index (χ1) is 15.7. The van der Waals surface area contributed by atoms with Crippen LogP contribution in [0.2, 0.25) is 10.0 Å². The molecule has 33 heavy (non-hydrogen) atoms. The average molecular weight is 507 g/mol. The van der Waals surface area contributed by atoms with Crippen molar-refractivity contribution in [2.24, 2.45) is 0 Å². The Balaban J connectivity index is 1.78. The van der Waals surface area contributed by atoms with Crippen LogP contribution in [0.25, 0.3) is 0 Å². The van der Waals surface area contributed by atoms with Gasteiger partial charge in [0, 0.05) is 6.54 Å². The first kappa shape index (κ1) is 24.9. The van der Waals surface area contributed by atoms with E-state index in [2.05, 4.69) is 5.32 Å². The van der Waals surface area contributed by atoms with Crippen LogP contribution in [0, 0.1) is 0 Å². The second-order valence-corrected chi connectivity index (χ2v) is 10.2. The van der Waals surface area contributed by atoms with Crippen LogP contribution < -0.4 is 14.4 Å². The number of rotatable bonds is 9. The van der Waals surface area contributed by atoms with Crippen molar-refractivity contribution in [3.63, 3.8) is 0 Å². The predicted molar refractivity (Wildman–Crippen MR) is 131 cm³/mol. The number of carbonyl (C=O) groups is 1. The van der Waals surface area contributed by atoms with Gasteiger partial charge in [-0.05, 0) is 61.9 Å². The van der Waals surface area contributed by atoms with E-state index in [1.165, 1.54) is 30.3 Å². The van der Waals surface area contributed by atoms with E-state index < -0.39 is 22.5 Å². The molecule has 174 valence electrons. The SMILES string of the molecule is CC(C)Oc1ccc(CNC(=O)CN(c2ccc(Cl)c(Cl)c2)S(=O)(=O)c2ccccc2)cc1. The van der Waals surface area contributed by atoms with E-state index >= 15 is 0 Å². The zero-order valence-corrected chi connectivity index (χ0v) is 20.5. The number of benzene rings is 3. The third kappa shape index (κ3) is 6.63. The van der Waals surface area contributed by atoms with Gasteiger partial charge in [0.1, 0.15) is 12.3 Å². The minimum absolute atomic E-state index is 0.0598. The summed E-state index contributed by atoms with van der Waals surface area (Å²) in [7, 11) is -4.02. The summed E-state index contributed by atoms with van der Waals surface area (Å²) in [5, 5.41) is 3.23. The summed E-state index contributed by atoms with van der Waals surface area (Å²) in [4.78, 5) is 12.8. The van der Waals surface area contributed by atoms with Gasteiger partial charge in [-0.15, -0.1) is 0 Å². The van der Waals surface area contributed by atoms with Crippen molar-refractivity contribution >= 4 is 44.8 Å². The lowest BCUT2D eigenvalue weighted by Crippen LogP contribution is -2.40. The molecule has 6 nitrogen and oxygen atoms in total. The number of nitrogens with one attached hydrogen (secondary N) is 1. The molecule has 0 saturated carbocycles. The molecule has 0 bridgehead atoms. The van der Waals surface area contributed by atoms with Crippen LogP contribution in [0.4, 0.5) is 5.69 Å². The lowest BCUT2D eigenvalue weighted by molar-refractivity contribution is -0.119. The molecule has 0 aliphatic rings. The molecule has 1 amide bonds. The molecule has 3 aromatic carbocycles. The molecule has 3 aromatic rings. The Hall–Kier alpha value is -2.74. The molecule has 0 spiro atoms. The summed E-state index contributed by atoms with van der Waals surface area (Å²) in [6, 6.07) is 19.6. The zero-order chi connectivity index (χ0) is 24.0. The van der Waals surface area contributed by atoms with Crippen LogP contribution in [0.3, 0.4) is 0 Å². The van der Waals surface area contributed by atoms with Crippen molar-refractivity contribution in [2.75, 3.05) is 10.8 Å². The smallest absolute Gasteiger partial charge is 0.264 e. The number of carbonyl (C=O) groups excluding carboxylic acids is 1. The van der Waals surface area contributed by atoms with Gasteiger partial charge in [-0.3, -0.25) is 9.10 Å². The molecule has 0 saturated heterocycles. The topological polar surface area (TPSA) is 75.7 Å². The second-order valence-electron chi connectivity index (χ2n) is 7.51. The van der Waals surface area contributed by atoms with Crippen molar-refractivity contribution in [1.82, 2.24) is 5.32 Å². The highest BCUT2D eigenvalue weighted by Gasteiger charge is 2.27. The fourth-order valence-electron chi connectivity index (χ4n) is 3.02. The van der Waals surface area contributed by atoms with Crippen LogP contribution in [0.5, 0.6) is 5.75 Å². The monoisotopic (exact) mass is 506 g/mol. The van der Waals surface area contributed by atoms with Crippen LogP contribution >= 0.6 is 23.2 Å². The minimum Gasteiger partial charge on any atom is -0.491 e. The maximum atomic E-state index is 13.3.